The highest BCUT2D eigenvalue weighted by atomic mass is 16.2. The number of nitrogens with one attached hydrogen (secondary N) is 2. The lowest BCUT2D eigenvalue weighted by Crippen LogP contribution is -2.29. The van der Waals surface area contributed by atoms with E-state index in [2.05, 4.69) is 4.98 Å². The summed E-state index contributed by atoms with van der Waals surface area (Å²) < 4.78 is 0. The molecule has 0 atom stereocenters. The standard InChI is InChI=1S/C5H7N3O/c6-8-5(9)4-1-2-7-3-4/h1-3,7H,6H2,(H,8,9). The Labute approximate surface area is 52.0 Å². The Kier molecular flexibility index (Phi) is 1.51. The molecule has 0 spiro atoms. The number of carbonyl (C=O) groups is 1. The summed E-state index contributed by atoms with van der Waals surface area (Å²) in [6.07, 6.45) is 3.23. The summed E-state index contributed by atoms with van der Waals surface area (Å²) in [5.74, 6) is 4.57. The molecule has 0 bridgehead atoms. The van der Waals surface area contributed by atoms with Gasteiger partial charge in [-0.05, 0) is 6.07 Å². The Hall–Kier alpha value is -1.29. The normalized spacial score (nSPS) is 9.00. The van der Waals surface area contributed by atoms with Crippen molar-refractivity contribution in [1.29, 1.82) is 0 Å². The predicted octanol–water partition coefficient (Wildman–Crippen LogP) is -0.382. The monoisotopic (exact) mass is 125 g/mol. The maximum atomic E-state index is 10.6. The summed E-state index contributed by atoms with van der Waals surface area (Å²) in [5, 5.41) is 0. The van der Waals surface area contributed by atoms with Gasteiger partial charge in [0.25, 0.3) is 5.91 Å². The molecule has 1 rings (SSSR count). The number of carbonyl (C=O) groups excluding carboxylic acids is 1. The van der Waals surface area contributed by atoms with Crippen molar-refractivity contribution in [3.05, 3.63) is 24.0 Å². The summed E-state index contributed by atoms with van der Waals surface area (Å²) >= 11 is 0. The van der Waals surface area contributed by atoms with E-state index in [4.69, 9.17) is 5.84 Å². The van der Waals surface area contributed by atoms with Crippen molar-refractivity contribution in [2.75, 3.05) is 0 Å². The van der Waals surface area contributed by atoms with Crippen LogP contribution in [0.3, 0.4) is 0 Å². The quantitative estimate of drug-likeness (QED) is 0.272. The zero-order chi connectivity index (χ0) is 6.69. The van der Waals surface area contributed by atoms with Gasteiger partial charge in [-0.25, -0.2) is 5.84 Å². The van der Waals surface area contributed by atoms with E-state index >= 15 is 0 Å². The number of nitrogens with two attached hydrogens (primary N) is 1. The van der Waals surface area contributed by atoms with Crippen molar-refractivity contribution >= 4 is 5.91 Å². The maximum absolute atomic E-state index is 10.6. The van der Waals surface area contributed by atoms with Gasteiger partial charge in [-0.2, -0.15) is 0 Å². The number of rotatable bonds is 1. The minimum atomic E-state index is -0.281. The molecule has 48 valence electrons. The average Bonchev–Trinajstić information content (AvgIpc) is 2.37. The Balaban J connectivity index is 2.77. The topological polar surface area (TPSA) is 70.9 Å². The number of aromatic nitrogens is 1. The molecule has 0 radical (unpaired) electrons. The molecule has 4 nitrogen and oxygen atoms in total. The molecule has 1 aromatic heterocycles. The number of hydrogen-bond acceptors (Lipinski definition) is 2. The summed E-state index contributed by atoms with van der Waals surface area (Å²) in [6, 6.07) is 1.64. The van der Waals surface area contributed by atoms with Gasteiger partial charge in [0.1, 0.15) is 0 Å². The van der Waals surface area contributed by atoms with Gasteiger partial charge in [0.15, 0.2) is 0 Å². The van der Waals surface area contributed by atoms with E-state index in [-0.39, 0.29) is 5.91 Å². The van der Waals surface area contributed by atoms with E-state index < -0.39 is 0 Å². The van der Waals surface area contributed by atoms with E-state index in [0.717, 1.165) is 0 Å². The van der Waals surface area contributed by atoms with Crippen molar-refractivity contribution in [2.24, 2.45) is 5.84 Å². The third kappa shape index (κ3) is 1.09. The number of aromatic amines is 1. The summed E-state index contributed by atoms with van der Waals surface area (Å²) in [5.41, 5.74) is 2.55. The van der Waals surface area contributed by atoms with Gasteiger partial charge in [-0.1, -0.05) is 0 Å². The average molecular weight is 125 g/mol. The first-order chi connectivity index (χ1) is 4.34. The molecule has 1 amide bonds. The molecule has 0 fully saturated rings. The molecule has 0 aliphatic carbocycles. The molecule has 0 aromatic carbocycles. The van der Waals surface area contributed by atoms with Crippen LogP contribution in [0.15, 0.2) is 18.5 Å². The molecule has 1 heterocycles. The number of amides is 1. The van der Waals surface area contributed by atoms with Crippen LogP contribution in [-0.4, -0.2) is 10.9 Å². The molecule has 0 unspecified atom stereocenters. The molecule has 0 aliphatic rings. The number of nitrogen functional groups attached to an aromatic ring is 1. The predicted molar refractivity (Wildman–Crippen MR) is 32.4 cm³/mol. The summed E-state index contributed by atoms with van der Waals surface area (Å²) in [6.45, 7) is 0. The lowest BCUT2D eigenvalue weighted by Gasteiger charge is -1.90. The highest BCUT2D eigenvalue weighted by Crippen LogP contribution is 1.93. The van der Waals surface area contributed by atoms with E-state index in [0.29, 0.717) is 5.56 Å². The largest absolute Gasteiger partial charge is 0.367 e. The summed E-state index contributed by atoms with van der Waals surface area (Å²) in [4.78, 5) is 13.3. The first-order valence-electron chi connectivity index (χ1n) is 2.48. The van der Waals surface area contributed by atoms with Gasteiger partial charge in [-0.15, -0.1) is 0 Å². The smallest absolute Gasteiger partial charge is 0.266 e. The number of hydrogen-bond donors (Lipinski definition) is 3. The third-order valence-corrected chi connectivity index (χ3v) is 0.991. The molecule has 9 heavy (non-hydrogen) atoms. The molecule has 4 N–H and O–H groups in total. The van der Waals surface area contributed by atoms with E-state index in [1.807, 2.05) is 5.43 Å². The fourth-order valence-electron chi connectivity index (χ4n) is 0.548. The van der Waals surface area contributed by atoms with Crippen LogP contribution in [0.4, 0.5) is 0 Å². The van der Waals surface area contributed by atoms with Gasteiger partial charge in [0.2, 0.25) is 0 Å². The highest BCUT2D eigenvalue weighted by molar-refractivity contribution is 5.93. The van der Waals surface area contributed by atoms with Crippen molar-refractivity contribution in [3.63, 3.8) is 0 Å². The number of hydrazine groups is 1. The minimum Gasteiger partial charge on any atom is -0.367 e. The van der Waals surface area contributed by atoms with Crippen LogP contribution in [0, 0.1) is 0 Å². The highest BCUT2D eigenvalue weighted by Gasteiger charge is 1.99. The molecular formula is C5H7N3O. The molecule has 1 aromatic rings. The fourth-order valence-corrected chi connectivity index (χ4v) is 0.548. The lowest BCUT2D eigenvalue weighted by atomic mass is 10.3. The van der Waals surface area contributed by atoms with Gasteiger partial charge < -0.3 is 4.98 Å². The van der Waals surface area contributed by atoms with Gasteiger partial charge in [0.05, 0.1) is 5.56 Å². The van der Waals surface area contributed by atoms with Crippen LogP contribution in [0.5, 0.6) is 0 Å². The van der Waals surface area contributed by atoms with Gasteiger partial charge in [0, 0.05) is 12.4 Å². The van der Waals surface area contributed by atoms with Crippen LogP contribution >= 0.6 is 0 Å². The Morgan fingerprint density at radius 2 is 2.56 bits per heavy atom. The first kappa shape index (κ1) is 5.84. The molecule has 0 saturated carbocycles. The molecule has 0 saturated heterocycles. The molecule has 4 heteroatoms. The molecule has 0 aliphatic heterocycles. The summed E-state index contributed by atoms with van der Waals surface area (Å²) in [7, 11) is 0. The zero-order valence-corrected chi connectivity index (χ0v) is 4.72. The second kappa shape index (κ2) is 2.32. The van der Waals surface area contributed by atoms with Crippen LogP contribution in [0.1, 0.15) is 10.4 Å². The van der Waals surface area contributed by atoms with E-state index in [9.17, 15) is 4.79 Å². The van der Waals surface area contributed by atoms with Crippen molar-refractivity contribution in [3.8, 4) is 0 Å². The van der Waals surface area contributed by atoms with Crippen LogP contribution in [-0.2, 0) is 0 Å². The van der Waals surface area contributed by atoms with Gasteiger partial charge in [-0.3, -0.25) is 10.2 Å². The Bertz CT molecular complexity index is 192. The van der Waals surface area contributed by atoms with Crippen LogP contribution in [0.25, 0.3) is 0 Å². The second-order valence-electron chi connectivity index (χ2n) is 1.57. The SMILES string of the molecule is NNC(=O)c1cc[nH]c1. The van der Waals surface area contributed by atoms with Crippen molar-refractivity contribution < 1.29 is 4.79 Å². The minimum absolute atomic E-state index is 0.281. The van der Waals surface area contributed by atoms with Crippen molar-refractivity contribution in [1.82, 2.24) is 10.4 Å². The van der Waals surface area contributed by atoms with E-state index in [1.165, 1.54) is 0 Å². The second-order valence-corrected chi connectivity index (χ2v) is 1.57. The van der Waals surface area contributed by atoms with Crippen LogP contribution < -0.4 is 11.3 Å². The third-order valence-electron chi connectivity index (χ3n) is 0.991. The van der Waals surface area contributed by atoms with E-state index in [1.54, 1.807) is 18.5 Å². The Morgan fingerprint density at radius 1 is 1.78 bits per heavy atom. The van der Waals surface area contributed by atoms with Crippen LogP contribution in [0.2, 0.25) is 0 Å². The van der Waals surface area contributed by atoms with Crippen molar-refractivity contribution in [2.45, 2.75) is 0 Å². The zero-order valence-electron chi connectivity index (χ0n) is 4.72. The molecular weight excluding hydrogens is 118 g/mol. The maximum Gasteiger partial charge on any atom is 0.266 e. The van der Waals surface area contributed by atoms with Gasteiger partial charge >= 0.3 is 0 Å². The first-order valence-corrected chi connectivity index (χ1v) is 2.48. The Morgan fingerprint density at radius 3 is 3.00 bits per heavy atom. The lowest BCUT2D eigenvalue weighted by molar-refractivity contribution is 0.0954. The number of H-pyrrole nitrogens is 1. The fraction of sp³-hybridized carbons (Fsp3) is 0.